The molecule has 0 aliphatic heterocycles. The van der Waals surface area contributed by atoms with E-state index in [2.05, 4.69) is 10.8 Å². The quantitative estimate of drug-likeness (QED) is 0.632. The summed E-state index contributed by atoms with van der Waals surface area (Å²) >= 11 is 0. The van der Waals surface area contributed by atoms with Crippen molar-refractivity contribution in [1.82, 2.24) is 9.29 Å². The summed E-state index contributed by atoms with van der Waals surface area (Å²) in [7, 11) is -1.45. The molecule has 1 aromatic heterocycles. The third-order valence-electron chi connectivity index (χ3n) is 4.79. The van der Waals surface area contributed by atoms with E-state index in [0.29, 0.717) is 36.2 Å². The molecule has 0 bridgehead atoms. The van der Waals surface area contributed by atoms with Crippen LogP contribution in [-0.4, -0.2) is 37.9 Å². The number of esters is 1. The van der Waals surface area contributed by atoms with Gasteiger partial charge in [0.05, 0.1) is 17.9 Å². The SMILES string of the molecule is CCOC(=O)c1c(-c2ccc(CCNS(=O)(=O)CC)cc2)c(C#N)c(CC)n1C. The topological polar surface area (TPSA) is 101 Å². The summed E-state index contributed by atoms with van der Waals surface area (Å²) in [6.45, 7) is 5.84. The van der Waals surface area contributed by atoms with Crippen molar-refractivity contribution in [3.8, 4) is 17.2 Å². The van der Waals surface area contributed by atoms with Crippen LogP contribution in [0.25, 0.3) is 11.1 Å². The van der Waals surface area contributed by atoms with Crippen LogP contribution in [0.15, 0.2) is 24.3 Å². The lowest BCUT2D eigenvalue weighted by Gasteiger charge is -2.09. The van der Waals surface area contributed by atoms with Crippen LogP contribution in [0.2, 0.25) is 0 Å². The Bertz CT molecular complexity index is 1020. The second kappa shape index (κ2) is 9.72. The van der Waals surface area contributed by atoms with Crippen molar-refractivity contribution in [3.05, 3.63) is 46.8 Å². The van der Waals surface area contributed by atoms with E-state index in [9.17, 15) is 18.5 Å². The zero-order chi connectivity index (χ0) is 21.6. The van der Waals surface area contributed by atoms with Gasteiger partial charge in [0.15, 0.2) is 0 Å². The number of hydrogen-bond donors (Lipinski definition) is 1. The number of carbonyl (C=O) groups is 1. The Morgan fingerprint density at radius 2 is 1.86 bits per heavy atom. The molecule has 2 aromatic rings. The van der Waals surface area contributed by atoms with Crippen LogP contribution in [-0.2, 0) is 34.6 Å². The van der Waals surface area contributed by atoms with E-state index in [0.717, 1.165) is 16.8 Å². The fourth-order valence-electron chi connectivity index (χ4n) is 3.28. The molecule has 0 spiro atoms. The van der Waals surface area contributed by atoms with Crippen LogP contribution in [0.3, 0.4) is 0 Å². The summed E-state index contributed by atoms with van der Waals surface area (Å²) in [5, 5.41) is 9.73. The molecular formula is C21H27N3O4S. The van der Waals surface area contributed by atoms with Crippen LogP contribution in [0.4, 0.5) is 0 Å². The van der Waals surface area contributed by atoms with Gasteiger partial charge in [0.2, 0.25) is 10.0 Å². The molecule has 0 aliphatic rings. The Labute approximate surface area is 172 Å². The van der Waals surface area contributed by atoms with Crippen molar-refractivity contribution in [2.45, 2.75) is 33.6 Å². The average Bonchev–Trinajstić information content (AvgIpc) is 3.00. The van der Waals surface area contributed by atoms with Crippen LogP contribution >= 0.6 is 0 Å². The number of nitrogens with zero attached hydrogens (tertiary/aromatic N) is 2. The Hall–Kier alpha value is -2.63. The highest BCUT2D eigenvalue weighted by atomic mass is 32.2. The van der Waals surface area contributed by atoms with Crippen molar-refractivity contribution >= 4 is 16.0 Å². The van der Waals surface area contributed by atoms with E-state index in [1.807, 2.05) is 31.2 Å². The van der Waals surface area contributed by atoms with Gasteiger partial charge in [-0.05, 0) is 37.8 Å². The van der Waals surface area contributed by atoms with Crippen molar-refractivity contribution in [3.63, 3.8) is 0 Å². The Morgan fingerprint density at radius 3 is 2.38 bits per heavy atom. The number of benzene rings is 1. The minimum absolute atomic E-state index is 0.0489. The summed E-state index contributed by atoms with van der Waals surface area (Å²) in [6, 6.07) is 9.70. The molecule has 0 radical (unpaired) electrons. The number of nitrogens with one attached hydrogen (secondary N) is 1. The highest BCUT2D eigenvalue weighted by Crippen LogP contribution is 2.33. The van der Waals surface area contributed by atoms with Crippen molar-refractivity contribution in [2.24, 2.45) is 7.05 Å². The Kier molecular flexibility index (Phi) is 7.59. The number of carbonyl (C=O) groups excluding carboxylic acids is 1. The van der Waals surface area contributed by atoms with E-state index in [-0.39, 0.29) is 12.4 Å². The molecule has 29 heavy (non-hydrogen) atoms. The molecule has 1 aromatic carbocycles. The predicted octanol–water partition coefficient (Wildman–Crippen LogP) is 2.78. The molecule has 0 fully saturated rings. The van der Waals surface area contributed by atoms with Gasteiger partial charge >= 0.3 is 5.97 Å². The van der Waals surface area contributed by atoms with Crippen LogP contribution < -0.4 is 4.72 Å². The van der Waals surface area contributed by atoms with Crippen LogP contribution in [0.1, 0.15) is 48.1 Å². The zero-order valence-electron chi connectivity index (χ0n) is 17.3. The maximum atomic E-state index is 12.6. The van der Waals surface area contributed by atoms with Gasteiger partial charge in [-0.25, -0.2) is 17.9 Å². The number of sulfonamides is 1. The first-order chi connectivity index (χ1) is 13.8. The minimum Gasteiger partial charge on any atom is -0.461 e. The number of rotatable bonds is 9. The largest absolute Gasteiger partial charge is 0.461 e. The smallest absolute Gasteiger partial charge is 0.355 e. The molecule has 0 saturated carbocycles. The molecule has 0 aliphatic carbocycles. The van der Waals surface area contributed by atoms with Gasteiger partial charge in [-0.3, -0.25) is 0 Å². The number of ether oxygens (including phenoxy) is 1. The summed E-state index contributed by atoms with van der Waals surface area (Å²) in [4.78, 5) is 12.6. The monoisotopic (exact) mass is 417 g/mol. The zero-order valence-corrected chi connectivity index (χ0v) is 18.1. The first-order valence-electron chi connectivity index (χ1n) is 9.64. The molecule has 0 unspecified atom stereocenters. The van der Waals surface area contributed by atoms with Crippen LogP contribution in [0.5, 0.6) is 0 Å². The fraction of sp³-hybridized carbons (Fsp3) is 0.429. The molecule has 1 heterocycles. The Balaban J connectivity index is 2.39. The Morgan fingerprint density at radius 1 is 1.21 bits per heavy atom. The van der Waals surface area contributed by atoms with Crippen LogP contribution in [0, 0.1) is 11.3 Å². The number of nitriles is 1. The molecule has 156 valence electrons. The van der Waals surface area contributed by atoms with E-state index >= 15 is 0 Å². The summed E-state index contributed by atoms with van der Waals surface area (Å²) < 4.78 is 32.5. The fourth-order valence-corrected chi connectivity index (χ4v) is 3.90. The van der Waals surface area contributed by atoms with Gasteiger partial charge in [0.25, 0.3) is 0 Å². The van der Waals surface area contributed by atoms with E-state index < -0.39 is 16.0 Å². The van der Waals surface area contributed by atoms with Gasteiger partial charge in [0.1, 0.15) is 11.8 Å². The first-order valence-corrected chi connectivity index (χ1v) is 11.3. The molecular weight excluding hydrogens is 390 g/mol. The maximum absolute atomic E-state index is 12.6. The van der Waals surface area contributed by atoms with E-state index in [1.54, 1.807) is 25.5 Å². The average molecular weight is 418 g/mol. The van der Waals surface area contributed by atoms with Gasteiger partial charge in [0, 0.05) is 24.8 Å². The standard InChI is InChI=1S/C21H27N3O4S/c1-5-18-17(14-22)19(20(24(18)4)21(25)28-6-2)16-10-8-15(9-11-16)12-13-23-29(26,27)7-3/h8-11,23H,5-7,12-13H2,1-4H3. The van der Waals surface area contributed by atoms with Crippen molar-refractivity contribution in [1.29, 1.82) is 5.26 Å². The molecule has 7 nitrogen and oxygen atoms in total. The normalized spacial score (nSPS) is 11.3. The second-order valence-electron chi connectivity index (χ2n) is 6.53. The predicted molar refractivity (Wildman–Crippen MR) is 112 cm³/mol. The third kappa shape index (κ3) is 5.05. The van der Waals surface area contributed by atoms with Gasteiger partial charge in [-0.15, -0.1) is 0 Å². The molecule has 1 N–H and O–H groups in total. The second-order valence-corrected chi connectivity index (χ2v) is 8.63. The highest BCUT2D eigenvalue weighted by molar-refractivity contribution is 7.89. The minimum atomic E-state index is -3.22. The molecule has 0 saturated heterocycles. The van der Waals surface area contributed by atoms with Gasteiger partial charge in [-0.1, -0.05) is 31.2 Å². The maximum Gasteiger partial charge on any atom is 0.355 e. The molecule has 0 atom stereocenters. The van der Waals surface area contributed by atoms with Gasteiger partial charge in [-0.2, -0.15) is 5.26 Å². The lowest BCUT2D eigenvalue weighted by molar-refractivity contribution is 0.0516. The summed E-state index contributed by atoms with van der Waals surface area (Å²) in [5.74, 6) is -0.410. The van der Waals surface area contributed by atoms with E-state index in [4.69, 9.17) is 4.74 Å². The lowest BCUT2D eigenvalue weighted by atomic mass is 9.98. The number of aromatic nitrogens is 1. The number of hydrogen-bond acceptors (Lipinski definition) is 5. The molecule has 8 heteroatoms. The lowest BCUT2D eigenvalue weighted by Crippen LogP contribution is -2.27. The van der Waals surface area contributed by atoms with Gasteiger partial charge < -0.3 is 9.30 Å². The molecule has 2 rings (SSSR count). The molecule has 0 amide bonds. The van der Waals surface area contributed by atoms with Crippen molar-refractivity contribution in [2.75, 3.05) is 18.9 Å². The van der Waals surface area contributed by atoms with E-state index in [1.165, 1.54) is 0 Å². The highest BCUT2D eigenvalue weighted by Gasteiger charge is 2.26. The first kappa shape index (κ1) is 22.7. The third-order valence-corrected chi connectivity index (χ3v) is 6.19. The summed E-state index contributed by atoms with van der Waals surface area (Å²) in [6.07, 6.45) is 1.16. The summed E-state index contributed by atoms with van der Waals surface area (Å²) in [5.41, 5.74) is 3.89. The van der Waals surface area contributed by atoms with Crippen molar-refractivity contribution < 1.29 is 17.9 Å².